The monoisotopic (exact) mass is 508 g/mol. The first kappa shape index (κ1) is 24.8. The van der Waals surface area contributed by atoms with Gasteiger partial charge in [0.25, 0.3) is 5.91 Å². The second-order valence-corrected chi connectivity index (χ2v) is 10.1. The summed E-state index contributed by atoms with van der Waals surface area (Å²) < 4.78 is 18.9. The number of ether oxygens (including phenoxy) is 1. The maximum atomic E-state index is 13.5. The molecule has 34 heavy (non-hydrogen) atoms. The van der Waals surface area contributed by atoms with Gasteiger partial charge in [0.1, 0.15) is 11.6 Å². The molecule has 2 aromatic rings. The molecule has 3 saturated carbocycles. The highest BCUT2D eigenvalue weighted by molar-refractivity contribution is 6.30. The smallest absolute Gasteiger partial charge is 0.258 e. The van der Waals surface area contributed by atoms with Crippen molar-refractivity contribution in [1.82, 2.24) is 10.6 Å². The summed E-state index contributed by atoms with van der Waals surface area (Å²) >= 11 is 11.6. The third-order valence-corrected chi connectivity index (χ3v) is 7.49. The first-order valence-corrected chi connectivity index (χ1v) is 12.1. The fourth-order valence-electron chi connectivity index (χ4n) is 4.96. The summed E-state index contributed by atoms with van der Waals surface area (Å²) in [5.74, 6) is -0.852. The van der Waals surface area contributed by atoms with Crippen LogP contribution in [0.3, 0.4) is 0 Å². The van der Waals surface area contributed by atoms with E-state index in [1.807, 2.05) is 12.1 Å². The zero-order valence-electron chi connectivity index (χ0n) is 18.6. The molecule has 3 fully saturated rings. The number of benzene rings is 2. The molecule has 3 aliphatic rings. The van der Waals surface area contributed by atoms with Crippen LogP contribution in [0.4, 0.5) is 4.39 Å². The first-order chi connectivity index (χ1) is 16.2. The average molecular weight is 509 g/mol. The summed E-state index contributed by atoms with van der Waals surface area (Å²) in [6.07, 6.45) is 2.93. The van der Waals surface area contributed by atoms with Gasteiger partial charge in [0.05, 0.1) is 16.7 Å². The van der Waals surface area contributed by atoms with E-state index >= 15 is 0 Å². The number of carbonyl (C=O) groups is 2. The molecule has 0 heterocycles. The van der Waals surface area contributed by atoms with Gasteiger partial charge in [-0.15, -0.1) is 0 Å². The molecule has 182 valence electrons. The fourth-order valence-corrected chi connectivity index (χ4v) is 5.20. The molecule has 2 bridgehead atoms. The molecule has 3 N–H and O–H groups in total. The molecule has 0 radical (unpaired) electrons. The minimum atomic E-state index is -0.763. The Balaban J connectivity index is 1.27. The fraction of sp³-hybridized carbons (Fsp3) is 0.440. The number of halogens is 3. The van der Waals surface area contributed by atoms with Crippen molar-refractivity contribution in [2.45, 2.75) is 62.1 Å². The number of aryl methyl sites for hydroxylation is 1. The Labute approximate surface area is 207 Å². The van der Waals surface area contributed by atoms with Crippen molar-refractivity contribution in [2.75, 3.05) is 6.61 Å². The van der Waals surface area contributed by atoms with Crippen LogP contribution >= 0.6 is 23.2 Å². The highest BCUT2D eigenvalue weighted by Crippen LogP contribution is 2.47. The van der Waals surface area contributed by atoms with Crippen LogP contribution in [0.2, 0.25) is 10.0 Å². The number of fused-ring (bicyclic) bond motifs is 3. The molecule has 0 saturated heterocycles. The molecule has 1 atom stereocenters. The quantitative estimate of drug-likeness (QED) is 0.498. The van der Waals surface area contributed by atoms with Crippen molar-refractivity contribution in [3.8, 4) is 5.75 Å². The van der Waals surface area contributed by atoms with Gasteiger partial charge in [-0.2, -0.15) is 0 Å². The number of aliphatic hydroxyl groups excluding tert-OH is 1. The lowest BCUT2D eigenvalue weighted by atomic mass is 9.60. The molecular formula is C25H27Cl2FN2O4. The molecule has 5 rings (SSSR count). The highest BCUT2D eigenvalue weighted by Gasteiger charge is 2.55. The number of hydrogen-bond acceptors (Lipinski definition) is 4. The van der Waals surface area contributed by atoms with Crippen molar-refractivity contribution < 1.29 is 23.8 Å². The zero-order valence-corrected chi connectivity index (χ0v) is 20.1. The summed E-state index contributed by atoms with van der Waals surface area (Å²) in [7, 11) is 0. The van der Waals surface area contributed by atoms with Gasteiger partial charge in [-0.1, -0.05) is 35.3 Å². The number of amides is 2. The Hall–Kier alpha value is -2.35. The highest BCUT2D eigenvalue weighted by atomic mass is 35.5. The molecule has 0 aromatic heterocycles. The van der Waals surface area contributed by atoms with Crippen LogP contribution in [-0.4, -0.2) is 40.7 Å². The minimum Gasteiger partial charge on any atom is -0.484 e. The van der Waals surface area contributed by atoms with Gasteiger partial charge in [0.15, 0.2) is 6.61 Å². The predicted molar refractivity (Wildman–Crippen MR) is 128 cm³/mol. The van der Waals surface area contributed by atoms with Gasteiger partial charge in [0, 0.05) is 23.0 Å². The van der Waals surface area contributed by atoms with E-state index in [-0.39, 0.29) is 29.2 Å². The molecule has 6 nitrogen and oxygen atoms in total. The van der Waals surface area contributed by atoms with E-state index < -0.39 is 23.0 Å². The lowest BCUT2D eigenvalue weighted by Crippen LogP contribution is -2.70. The topological polar surface area (TPSA) is 87.7 Å². The number of rotatable bonds is 8. The maximum absolute atomic E-state index is 13.5. The summed E-state index contributed by atoms with van der Waals surface area (Å²) in [4.78, 5) is 25.1. The van der Waals surface area contributed by atoms with Gasteiger partial charge < -0.3 is 20.5 Å². The van der Waals surface area contributed by atoms with E-state index in [2.05, 4.69) is 10.6 Å². The van der Waals surface area contributed by atoms with E-state index in [4.69, 9.17) is 27.9 Å². The van der Waals surface area contributed by atoms with Gasteiger partial charge in [-0.25, -0.2) is 4.39 Å². The molecule has 2 amide bonds. The Bertz CT molecular complexity index is 1060. The molecule has 0 unspecified atom stereocenters. The number of hydrogen-bond donors (Lipinski definition) is 3. The van der Waals surface area contributed by atoms with E-state index in [1.165, 1.54) is 12.1 Å². The summed E-state index contributed by atoms with van der Waals surface area (Å²) in [6.45, 7) is -0.272. The Morgan fingerprint density at radius 2 is 1.74 bits per heavy atom. The van der Waals surface area contributed by atoms with E-state index in [1.54, 1.807) is 12.1 Å². The van der Waals surface area contributed by atoms with Crippen LogP contribution in [0.25, 0.3) is 0 Å². The largest absolute Gasteiger partial charge is 0.484 e. The van der Waals surface area contributed by atoms with Crippen LogP contribution < -0.4 is 15.4 Å². The van der Waals surface area contributed by atoms with Crippen LogP contribution in [0, 0.1) is 5.82 Å². The molecule has 9 heteroatoms. The number of nitrogens with one attached hydrogen (secondary N) is 2. The van der Waals surface area contributed by atoms with Crippen molar-refractivity contribution in [3.63, 3.8) is 0 Å². The molecule has 3 aliphatic carbocycles. The predicted octanol–water partition coefficient (Wildman–Crippen LogP) is 4.19. The SMILES string of the molecule is O=C(COc1ccc(Cl)c(F)c1)NC12CCC(NC(=O)CCc3ccc(Cl)cc3)(CC1)[C@@H](O)C2. The third-order valence-electron chi connectivity index (χ3n) is 6.93. The minimum absolute atomic E-state index is 0.0188. The third kappa shape index (κ3) is 5.65. The van der Waals surface area contributed by atoms with Crippen molar-refractivity contribution in [3.05, 3.63) is 63.9 Å². The van der Waals surface area contributed by atoms with Crippen LogP contribution in [0.15, 0.2) is 42.5 Å². The Kier molecular flexibility index (Phi) is 7.36. The van der Waals surface area contributed by atoms with Gasteiger partial charge >= 0.3 is 0 Å². The molecular weight excluding hydrogens is 482 g/mol. The van der Waals surface area contributed by atoms with Crippen LogP contribution in [0.5, 0.6) is 5.75 Å². The number of aliphatic hydroxyl groups is 1. The van der Waals surface area contributed by atoms with E-state index in [0.717, 1.165) is 11.6 Å². The second-order valence-electron chi connectivity index (χ2n) is 9.24. The Morgan fingerprint density at radius 1 is 1.03 bits per heavy atom. The summed E-state index contributed by atoms with van der Waals surface area (Å²) in [5, 5.41) is 17.6. The van der Waals surface area contributed by atoms with Crippen LogP contribution in [-0.2, 0) is 16.0 Å². The molecule has 0 spiro atoms. The van der Waals surface area contributed by atoms with Gasteiger partial charge in [-0.3, -0.25) is 9.59 Å². The lowest BCUT2D eigenvalue weighted by molar-refractivity contribution is -0.135. The Morgan fingerprint density at radius 3 is 2.38 bits per heavy atom. The van der Waals surface area contributed by atoms with E-state index in [0.29, 0.717) is 50.0 Å². The summed E-state index contributed by atoms with van der Waals surface area (Å²) in [6, 6.07) is 11.4. The standard InChI is InChI=1S/C25H27Cl2FN2O4/c26-17-4-1-16(2-5-17)3-8-22(32)30-25-11-9-24(10-12-25,14-21(25)31)29-23(33)15-34-18-6-7-19(27)20(28)13-18/h1-2,4-7,13,21,31H,3,8-12,14-15H2,(H,29,33)(H,30,32)/t21-,24?,25?/m0/s1. The van der Waals surface area contributed by atoms with Gasteiger partial charge in [-0.05, 0) is 68.4 Å². The normalized spacial score (nSPS) is 25.6. The van der Waals surface area contributed by atoms with Crippen molar-refractivity contribution in [2.24, 2.45) is 0 Å². The zero-order chi connectivity index (χ0) is 24.3. The van der Waals surface area contributed by atoms with Gasteiger partial charge in [0.2, 0.25) is 5.91 Å². The lowest BCUT2D eigenvalue weighted by Gasteiger charge is -2.56. The van der Waals surface area contributed by atoms with Crippen molar-refractivity contribution >= 4 is 35.0 Å². The maximum Gasteiger partial charge on any atom is 0.258 e. The molecule has 0 aliphatic heterocycles. The average Bonchev–Trinajstić information content (AvgIpc) is 2.81. The summed E-state index contributed by atoms with van der Waals surface area (Å²) in [5.41, 5.74) is -0.183. The molecule has 2 aromatic carbocycles. The van der Waals surface area contributed by atoms with Crippen molar-refractivity contribution in [1.29, 1.82) is 0 Å². The number of carbonyl (C=O) groups excluding carboxylic acids is 2. The van der Waals surface area contributed by atoms with Crippen LogP contribution in [0.1, 0.15) is 44.1 Å². The second kappa shape index (κ2) is 10.1. The first-order valence-electron chi connectivity index (χ1n) is 11.3. The van der Waals surface area contributed by atoms with E-state index in [9.17, 15) is 19.1 Å².